The van der Waals surface area contributed by atoms with Gasteiger partial charge in [0.2, 0.25) is 0 Å². The Morgan fingerprint density at radius 2 is 0.915 bits per heavy atom. The minimum absolute atomic E-state index is 1.03. The number of pyridine rings is 1. The molecule has 0 amide bonds. The normalized spacial score (nSPS) is 11.8. The van der Waals surface area contributed by atoms with Gasteiger partial charge >= 0.3 is 0 Å². The third kappa shape index (κ3) is 3.92. The average molecular weight is 614 g/mol. The van der Waals surface area contributed by atoms with Crippen LogP contribution in [0.1, 0.15) is 0 Å². The summed E-state index contributed by atoms with van der Waals surface area (Å²) in [5, 5.41) is 11.4. The maximum atomic E-state index is 5.21. The summed E-state index contributed by atoms with van der Waals surface area (Å²) in [7, 11) is 0. The number of rotatable bonds is 3. The third-order valence-corrected chi connectivity index (χ3v) is 10.8. The van der Waals surface area contributed by atoms with Crippen molar-refractivity contribution in [3.8, 4) is 33.5 Å². The van der Waals surface area contributed by atoms with Crippen molar-refractivity contribution in [2.24, 2.45) is 0 Å². The Balaban J connectivity index is 1.36. The molecule has 2 heteroatoms. The lowest BCUT2D eigenvalue weighted by molar-refractivity contribution is 1.43. The highest BCUT2D eigenvalue weighted by Crippen LogP contribution is 2.49. The topological polar surface area (TPSA) is 12.9 Å². The maximum absolute atomic E-state index is 5.21. The van der Waals surface area contributed by atoms with Crippen molar-refractivity contribution in [3.63, 3.8) is 0 Å². The zero-order valence-electron chi connectivity index (χ0n) is 25.4. The van der Waals surface area contributed by atoms with Gasteiger partial charge in [0.25, 0.3) is 0 Å². The molecule has 218 valence electrons. The molecule has 47 heavy (non-hydrogen) atoms. The first-order chi connectivity index (χ1) is 23.3. The molecule has 1 nitrogen and oxygen atoms in total. The summed E-state index contributed by atoms with van der Waals surface area (Å²) in [4.78, 5) is 5.21. The molecule has 0 N–H and O–H groups in total. The van der Waals surface area contributed by atoms with Crippen molar-refractivity contribution in [2.75, 3.05) is 0 Å². The Morgan fingerprint density at radius 1 is 0.362 bits per heavy atom. The molecule has 10 aromatic rings. The smallest absolute Gasteiger partial charge is 0.0788 e. The van der Waals surface area contributed by atoms with Crippen LogP contribution in [0.25, 0.3) is 96.9 Å². The Labute approximate surface area is 276 Å². The van der Waals surface area contributed by atoms with E-state index in [1.807, 2.05) is 11.3 Å². The molecule has 0 aliphatic heterocycles. The molecule has 0 spiro atoms. The second-order valence-corrected chi connectivity index (χ2v) is 13.2. The number of hydrogen-bond acceptors (Lipinski definition) is 2. The van der Waals surface area contributed by atoms with E-state index in [1.165, 1.54) is 80.1 Å². The van der Waals surface area contributed by atoms with Crippen molar-refractivity contribution >= 4 is 74.7 Å². The number of nitrogens with zero attached hydrogens (tertiary/aromatic N) is 1. The lowest BCUT2D eigenvalue weighted by Gasteiger charge is -2.18. The molecule has 0 aliphatic rings. The summed E-state index contributed by atoms with van der Waals surface area (Å²) in [6.45, 7) is 0. The summed E-state index contributed by atoms with van der Waals surface area (Å²) in [5.74, 6) is 0. The van der Waals surface area contributed by atoms with Gasteiger partial charge in [0.15, 0.2) is 0 Å². The van der Waals surface area contributed by atoms with Gasteiger partial charge in [-0.05, 0) is 55.9 Å². The zero-order chi connectivity index (χ0) is 30.9. The number of aromatic nitrogens is 1. The van der Waals surface area contributed by atoms with Crippen LogP contribution in [-0.4, -0.2) is 4.98 Å². The van der Waals surface area contributed by atoms with E-state index in [-0.39, 0.29) is 0 Å². The predicted octanol–water partition coefficient (Wildman–Crippen LogP) is 13.1. The third-order valence-electron chi connectivity index (χ3n) is 9.64. The van der Waals surface area contributed by atoms with Crippen LogP contribution in [0.5, 0.6) is 0 Å². The van der Waals surface area contributed by atoms with Crippen molar-refractivity contribution in [1.29, 1.82) is 0 Å². The summed E-state index contributed by atoms with van der Waals surface area (Å²) >= 11 is 1.90. The van der Waals surface area contributed by atoms with Crippen molar-refractivity contribution in [1.82, 2.24) is 4.98 Å². The van der Waals surface area contributed by atoms with E-state index in [0.29, 0.717) is 0 Å². The van der Waals surface area contributed by atoms with E-state index < -0.39 is 0 Å². The molecule has 2 aromatic heterocycles. The van der Waals surface area contributed by atoms with Crippen molar-refractivity contribution in [2.45, 2.75) is 0 Å². The van der Waals surface area contributed by atoms with E-state index in [1.54, 1.807) is 0 Å². The van der Waals surface area contributed by atoms with Gasteiger partial charge < -0.3 is 0 Å². The molecule has 0 bridgehead atoms. The highest BCUT2D eigenvalue weighted by Gasteiger charge is 2.21. The molecule has 0 saturated carbocycles. The Hall–Kier alpha value is -5.83. The molecule has 0 fully saturated rings. The fourth-order valence-electron chi connectivity index (χ4n) is 7.68. The van der Waals surface area contributed by atoms with E-state index in [4.69, 9.17) is 4.98 Å². The van der Waals surface area contributed by atoms with Gasteiger partial charge in [0.05, 0.1) is 11.2 Å². The van der Waals surface area contributed by atoms with Gasteiger partial charge in [-0.1, -0.05) is 152 Å². The molecule has 10 rings (SSSR count). The molecule has 0 aliphatic carbocycles. The quantitative estimate of drug-likeness (QED) is 0.143. The number of para-hydroxylation sites is 1. The first-order valence-corrected chi connectivity index (χ1v) is 16.9. The monoisotopic (exact) mass is 613 g/mol. The highest BCUT2D eigenvalue weighted by molar-refractivity contribution is 7.27. The van der Waals surface area contributed by atoms with Crippen LogP contribution in [0.2, 0.25) is 0 Å². The van der Waals surface area contributed by atoms with Crippen LogP contribution in [-0.2, 0) is 0 Å². The summed E-state index contributed by atoms with van der Waals surface area (Å²) in [5.41, 5.74) is 8.31. The second kappa shape index (κ2) is 10.3. The first-order valence-electron chi connectivity index (χ1n) is 16.1. The number of thiophene rings is 1. The van der Waals surface area contributed by atoms with Gasteiger partial charge in [0, 0.05) is 41.9 Å². The standard InChI is InChI=1S/C45H27NS/c1-3-14-28(15-4-1)40-30-18-7-9-20-32(30)41(33-21-10-8-19-31(33)40)35-23-13-25-39-42(35)37-27-26-36-43(45(37)47-39)34-22-11-12-24-38(34)46-44(36)29-16-5-2-6-17-29/h1-27H. The van der Waals surface area contributed by atoms with E-state index in [9.17, 15) is 0 Å². The number of benzene rings is 8. The van der Waals surface area contributed by atoms with Crippen molar-refractivity contribution < 1.29 is 0 Å². The lowest BCUT2D eigenvalue weighted by Crippen LogP contribution is -1.91. The largest absolute Gasteiger partial charge is 0.247 e. The summed E-state index contributed by atoms with van der Waals surface area (Å²) in [6.07, 6.45) is 0. The highest BCUT2D eigenvalue weighted by atomic mass is 32.1. The van der Waals surface area contributed by atoms with E-state index in [2.05, 4.69) is 164 Å². The van der Waals surface area contributed by atoms with Crippen LogP contribution < -0.4 is 0 Å². The van der Waals surface area contributed by atoms with Crippen LogP contribution in [0.4, 0.5) is 0 Å². The minimum atomic E-state index is 1.03. The van der Waals surface area contributed by atoms with E-state index >= 15 is 0 Å². The zero-order valence-corrected chi connectivity index (χ0v) is 26.3. The van der Waals surface area contributed by atoms with Crippen LogP contribution >= 0.6 is 11.3 Å². The molecule has 2 heterocycles. The maximum Gasteiger partial charge on any atom is 0.0788 e. The fourth-order valence-corrected chi connectivity index (χ4v) is 8.97. The van der Waals surface area contributed by atoms with Crippen LogP contribution in [0, 0.1) is 0 Å². The summed E-state index contributed by atoms with van der Waals surface area (Å²) < 4.78 is 2.61. The number of hydrogen-bond donors (Lipinski definition) is 0. The van der Waals surface area contributed by atoms with Gasteiger partial charge in [-0.15, -0.1) is 11.3 Å². The molecule has 0 radical (unpaired) electrons. The average Bonchev–Trinajstić information content (AvgIpc) is 3.53. The first kappa shape index (κ1) is 26.4. The predicted molar refractivity (Wildman–Crippen MR) is 203 cm³/mol. The van der Waals surface area contributed by atoms with Gasteiger partial charge in [-0.3, -0.25) is 0 Å². The Kier molecular flexibility index (Phi) is 5.81. The van der Waals surface area contributed by atoms with Crippen LogP contribution in [0.3, 0.4) is 0 Å². The van der Waals surface area contributed by atoms with Gasteiger partial charge in [-0.25, -0.2) is 4.98 Å². The molecule has 0 atom stereocenters. The van der Waals surface area contributed by atoms with Gasteiger partial charge in [-0.2, -0.15) is 0 Å². The SMILES string of the molecule is c1ccc(-c2c3ccccc3c(-c3cccc4sc5c(ccc6c(-c7ccccc7)nc7ccccc7c65)c34)c3ccccc23)cc1. The minimum Gasteiger partial charge on any atom is -0.247 e. The summed E-state index contributed by atoms with van der Waals surface area (Å²) in [6, 6.07) is 59.4. The van der Waals surface area contributed by atoms with E-state index in [0.717, 1.165) is 16.8 Å². The molecule has 0 unspecified atom stereocenters. The van der Waals surface area contributed by atoms with Gasteiger partial charge in [0.1, 0.15) is 0 Å². The molecular weight excluding hydrogens is 587 g/mol. The fraction of sp³-hybridized carbons (Fsp3) is 0. The molecule has 0 saturated heterocycles. The van der Waals surface area contributed by atoms with Crippen LogP contribution in [0.15, 0.2) is 164 Å². The van der Waals surface area contributed by atoms with Crippen molar-refractivity contribution in [3.05, 3.63) is 164 Å². The Bertz CT molecular complexity index is 2770. The lowest BCUT2D eigenvalue weighted by atomic mass is 9.85. The molecular formula is C45H27NS. The number of fused-ring (bicyclic) bond motifs is 9. The Morgan fingerprint density at radius 3 is 1.60 bits per heavy atom. The molecule has 8 aromatic carbocycles. The second-order valence-electron chi connectivity index (χ2n) is 12.2.